The van der Waals surface area contributed by atoms with E-state index in [2.05, 4.69) is 9.62 Å². The number of nitrogens with two attached hydrogens (primary N) is 1. The number of hydrogen-bond donors (Lipinski definition) is 2. The number of benzene rings is 2. The Morgan fingerprint density at radius 3 is 2.34 bits per heavy atom. The number of allylic oxidation sites excluding steroid dienone is 3. The third-order valence-corrected chi connectivity index (χ3v) is 6.24. The van der Waals surface area contributed by atoms with Crippen LogP contribution in [0, 0.1) is 11.6 Å². The van der Waals surface area contributed by atoms with Gasteiger partial charge in [0.05, 0.1) is 23.8 Å². The van der Waals surface area contributed by atoms with Crippen LogP contribution in [0.5, 0.6) is 0 Å². The summed E-state index contributed by atoms with van der Waals surface area (Å²) in [4.78, 5) is 14.7. The van der Waals surface area contributed by atoms with Crippen LogP contribution in [0.25, 0.3) is 0 Å². The van der Waals surface area contributed by atoms with Crippen molar-refractivity contribution in [3.63, 3.8) is 0 Å². The van der Waals surface area contributed by atoms with Gasteiger partial charge in [-0.05, 0) is 37.3 Å². The molecule has 1 aliphatic rings. The molecule has 0 radical (unpaired) electrons. The fourth-order valence-corrected chi connectivity index (χ4v) is 4.29. The third kappa shape index (κ3) is 5.14. The maximum Gasteiger partial charge on any atom is 0.261 e. The van der Waals surface area contributed by atoms with Gasteiger partial charge in [-0.1, -0.05) is 12.2 Å². The predicted molar refractivity (Wildman–Crippen MR) is 118 cm³/mol. The number of ether oxygens (including phenoxy) is 1. The Kier molecular flexibility index (Phi) is 7.26. The standard InChI is InChI=1S/C22H23F2N3O4S/c1-2-3-15(14-25)22(28)18-12-19(23)20(24)13-21(18)26-32(29,30)17-6-4-16(5-7-17)27-8-10-31-11-9-27/h2-7,12-14,26H,8-11,25H2,1H3/b3-2-,15-14+. The first kappa shape index (κ1) is 23.4. The number of morpholine rings is 1. The molecule has 3 N–H and O–H groups in total. The molecule has 0 atom stereocenters. The lowest BCUT2D eigenvalue weighted by atomic mass is 10.0. The van der Waals surface area contributed by atoms with Gasteiger partial charge in [0.15, 0.2) is 17.4 Å². The molecular weight excluding hydrogens is 440 g/mol. The van der Waals surface area contributed by atoms with E-state index in [1.807, 2.05) is 0 Å². The number of nitrogens with zero attached hydrogens (tertiary/aromatic N) is 1. The van der Waals surface area contributed by atoms with Gasteiger partial charge in [-0.3, -0.25) is 9.52 Å². The number of ketones is 1. The van der Waals surface area contributed by atoms with Gasteiger partial charge in [0, 0.05) is 42.2 Å². The van der Waals surface area contributed by atoms with Crippen LogP contribution in [0.3, 0.4) is 0 Å². The number of anilines is 2. The first-order chi connectivity index (χ1) is 15.3. The molecule has 1 aliphatic heterocycles. The Morgan fingerprint density at radius 1 is 1.12 bits per heavy atom. The molecule has 32 heavy (non-hydrogen) atoms. The Bertz CT molecular complexity index is 1160. The van der Waals surface area contributed by atoms with Crippen LogP contribution in [0.4, 0.5) is 20.2 Å². The van der Waals surface area contributed by atoms with E-state index in [1.54, 1.807) is 19.1 Å². The molecule has 1 saturated heterocycles. The Morgan fingerprint density at radius 2 is 1.75 bits per heavy atom. The van der Waals surface area contributed by atoms with Crippen LogP contribution >= 0.6 is 0 Å². The van der Waals surface area contributed by atoms with E-state index in [4.69, 9.17) is 10.5 Å². The lowest BCUT2D eigenvalue weighted by molar-refractivity contribution is 0.103. The topological polar surface area (TPSA) is 102 Å². The van der Waals surface area contributed by atoms with Gasteiger partial charge in [0.25, 0.3) is 10.0 Å². The molecule has 3 rings (SSSR count). The van der Waals surface area contributed by atoms with Crippen molar-refractivity contribution in [2.45, 2.75) is 11.8 Å². The maximum absolute atomic E-state index is 13.9. The van der Waals surface area contributed by atoms with Crippen molar-refractivity contribution in [2.24, 2.45) is 5.73 Å². The molecule has 0 aliphatic carbocycles. The number of halogens is 2. The summed E-state index contributed by atoms with van der Waals surface area (Å²) >= 11 is 0. The third-order valence-electron chi connectivity index (χ3n) is 4.86. The van der Waals surface area contributed by atoms with Crippen LogP contribution < -0.4 is 15.4 Å². The molecule has 0 amide bonds. The fourth-order valence-electron chi connectivity index (χ4n) is 3.22. The van der Waals surface area contributed by atoms with Crippen molar-refractivity contribution >= 4 is 27.2 Å². The molecule has 0 aromatic heterocycles. The zero-order valence-electron chi connectivity index (χ0n) is 17.3. The van der Waals surface area contributed by atoms with Crippen molar-refractivity contribution in [2.75, 3.05) is 35.9 Å². The minimum absolute atomic E-state index is 0.00572. The maximum atomic E-state index is 13.9. The normalized spacial score (nSPS) is 15.2. The molecule has 7 nitrogen and oxygen atoms in total. The average molecular weight is 464 g/mol. The van der Waals surface area contributed by atoms with Crippen molar-refractivity contribution in [3.05, 3.63) is 77.5 Å². The van der Waals surface area contributed by atoms with Gasteiger partial charge in [0.2, 0.25) is 0 Å². The number of Topliss-reactive ketones (excluding diaryl/α,β-unsaturated/α-hetero) is 1. The minimum atomic E-state index is -4.19. The fraction of sp³-hybridized carbons (Fsp3) is 0.227. The number of carbonyl (C=O) groups is 1. The number of hydrogen-bond acceptors (Lipinski definition) is 6. The molecule has 2 aromatic rings. The minimum Gasteiger partial charge on any atom is -0.404 e. The monoisotopic (exact) mass is 463 g/mol. The first-order valence-electron chi connectivity index (χ1n) is 9.80. The van der Waals surface area contributed by atoms with Gasteiger partial charge in [0.1, 0.15) is 0 Å². The molecular formula is C22H23F2N3O4S. The van der Waals surface area contributed by atoms with E-state index >= 15 is 0 Å². The van der Waals surface area contributed by atoms with E-state index in [0.717, 1.165) is 11.9 Å². The molecule has 2 aromatic carbocycles. The zero-order chi connectivity index (χ0) is 23.3. The predicted octanol–water partition coefficient (Wildman–Crippen LogP) is 3.20. The Balaban J connectivity index is 1.93. The first-order valence-corrected chi connectivity index (χ1v) is 11.3. The van der Waals surface area contributed by atoms with Crippen molar-refractivity contribution < 1.29 is 26.7 Å². The van der Waals surface area contributed by atoms with Crippen LogP contribution in [0.1, 0.15) is 17.3 Å². The van der Waals surface area contributed by atoms with Crippen molar-refractivity contribution in [3.8, 4) is 0 Å². The smallest absolute Gasteiger partial charge is 0.261 e. The number of nitrogens with one attached hydrogen (secondary N) is 1. The molecule has 10 heteroatoms. The molecule has 1 fully saturated rings. The Labute approximate surface area is 185 Å². The summed E-state index contributed by atoms with van der Waals surface area (Å²) in [5.41, 5.74) is 5.52. The molecule has 170 valence electrons. The summed E-state index contributed by atoms with van der Waals surface area (Å²) in [6, 6.07) is 7.38. The van der Waals surface area contributed by atoms with Crippen LogP contribution in [-0.4, -0.2) is 40.5 Å². The number of rotatable bonds is 7. The number of carbonyl (C=O) groups excluding carboxylic acids is 1. The summed E-state index contributed by atoms with van der Waals surface area (Å²) in [5.74, 6) is -3.35. The molecule has 1 heterocycles. The summed E-state index contributed by atoms with van der Waals surface area (Å²) in [6.07, 6.45) is 3.93. The van der Waals surface area contributed by atoms with Crippen molar-refractivity contribution in [1.82, 2.24) is 0 Å². The van der Waals surface area contributed by atoms with Gasteiger partial charge in [-0.25, -0.2) is 17.2 Å². The highest BCUT2D eigenvalue weighted by atomic mass is 32.2. The summed E-state index contributed by atoms with van der Waals surface area (Å²) < 4.78 is 61.1. The van der Waals surface area contributed by atoms with Crippen LogP contribution in [0.2, 0.25) is 0 Å². The second-order valence-corrected chi connectivity index (χ2v) is 8.64. The van der Waals surface area contributed by atoms with Gasteiger partial charge >= 0.3 is 0 Å². The van der Waals surface area contributed by atoms with Crippen LogP contribution in [0.15, 0.2) is 65.2 Å². The molecule has 0 spiro atoms. The van der Waals surface area contributed by atoms with E-state index in [-0.39, 0.29) is 16.0 Å². The highest BCUT2D eigenvalue weighted by Crippen LogP contribution is 2.27. The van der Waals surface area contributed by atoms with E-state index in [0.29, 0.717) is 38.4 Å². The second-order valence-electron chi connectivity index (χ2n) is 6.96. The van der Waals surface area contributed by atoms with E-state index < -0.39 is 33.1 Å². The zero-order valence-corrected chi connectivity index (χ0v) is 18.2. The summed E-state index contributed by atoms with van der Waals surface area (Å²) in [7, 11) is -4.19. The molecule has 0 bridgehead atoms. The number of sulfonamides is 1. The summed E-state index contributed by atoms with van der Waals surface area (Å²) in [6.45, 7) is 4.19. The van der Waals surface area contributed by atoms with Gasteiger partial charge in [-0.2, -0.15) is 0 Å². The quantitative estimate of drug-likeness (QED) is 0.372. The van der Waals surface area contributed by atoms with Gasteiger partial charge < -0.3 is 15.4 Å². The van der Waals surface area contributed by atoms with Crippen molar-refractivity contribution in [1.29, 1.82) is 0 Å². The lowest BCUT2D eigenvalue weighted by Gasteiger charge is -2.28. The average Bonchev–Trinajstić information content (AvgIpc) is 2.79. The molecule has 0 unspecified atom stereocenters. The SMILES string of the molecule is C/C=C\C(=C/N)C(=O)c1cc(F)c(F)cc1NS(=O)(=O)c1ccc(N2CCOCC2)cc1. The Hall–Kier alpha value is -3.24. The van der Waals surface area contributed by atoms with E-state index in [9.17, 15) is 22.0 Å². The molecule has 0 saturated carbocycles. The second kappa shape index (κ2) is 9.92. The van der Waals surface area contributed by atoms with Crippen LogP contribution in [-0.2, 0) is 14.8 Å². The largest absolute Gasteiger partial charge is 0.404 e. The van der Waals surface area contributed by atoms with Gasteiger partial charge in [-0.15, -0.1) is 0 Å². The highest BCUT2D eigenvalue weighted by Gasteiger charge is 2.23. The van der Waals surface area contributed by atoms with E-state index in [1.165, 1.54) is 24.3 Å². The highest BCUT2D eigenvalue weighted by molar-refractivity contribution is 7.92. The summed E-state index contributed by atoms with van der Waals surface area (Å²) in [5, 5.41) is 0. The lowest BCUT2D eigenvalue weighted by Crippen LogP contribution is -2.36.